The molecule has 0 bridgehead atoms. The smallest absolute Gasteiger partial charge is 0.0864 e. The molecule has 1 aromatic heterocycles. The van der Waals surface area contributed by atoms with Gasteiger partial charge in [0, 0.05) is 31.4 Å². The fourth-order valence-electron chi connectivity index (χ4n) is 1.85. The maximum Gasteiger partial charge on any atom is 0.0864 e. The molecule has 0 atom stereocenters. The van der Waals surface area contributed by atoms with Crippen molar-refractivity contribution in [2.45, 2.75) is 0 Å². The zero-order valence-electron chi connectivity index (χ0n) is 11.3. The normalized spacial score (nSPS) is 11.3. The van der Waals surface area contributed by atoms with Crippen molar-refractivity contribution >= 4 is 38.7 Å². The second-order valence-electron chi connectivity index (χ2n) is 4.66. The number of hydrogen-bond donors (Lipinski definition) is 0. The van der Waals surface area contributed by atoms with Crippen LogP contribution in [0.1, 0.15) is 0 Å². The van der Waals surface area contributed by atoms with Gasteiger partial charge in [0.15, 0.2) is 0 Å². The summed E-state index contributed by atoms with van der Waals surface area (Å²) in [5.74, 6) is 0. The lowest BCUT2D eigenvalue weighted by Crippen LogP contribution is -2.07. The van der Waals surface area contributed by atoms with Crippen LogP contribution >= 0.6 is 11.5 Å². The summed E-state index contributed by atoms with van der Waals surface area (Å²) in [6.45, 7) is 0. The Labute approximate surface area is 121 Å². The molecule has 0 amide bonds. The van der Waals surface area contributed by atoms with Crippen LogP contribution in [-0.2, 0) is 0 Å². The molecule has 0 fully saturated rings. The quantitative estimate of drug-likeness (QED) is 0.649. The van der Waals surface area contributed by atoms with Crippen LogP contribution in [0, 0.1) is 0 Å². The highest BCUT2D eigenvalue weighted by molar-refractivity contribution is 7.13. The Morgan fingerprint density at radius 1 is 0.950 bits per heavy atom. The highest BCUT2D eigenvalue weighted by Gasteiger charge is 1.98. The van der Waals surface area contributed by atoms with Gasteiger partial charge in [-0.2, -0.15) is 14.6 Å². The molecule has 100 valence electrons. The standard InChI is InChI=1S/C15H14N4S/c1-19(2)14-6-3-12(4-7-14)17-18-13-5-8-15-11(9-13)10-16-20-15/h3-10H,1-2H3. The summed E-state index contributed by atoms with van der Waals surface area (Å²) >= 11 is 1.49. The summed E-state index contributed by atoms with van der Waals surface area (Å²) < 4.78 is 5.32. The number of fused-ring (bicyclic) bond motifs is 1. The van der Waals surface area contributed by atoms with E-state index in [1.807, 2.05) is 62.8 Å². The molecule has 1 heterocycles. The van der Waals surface area contributed by atoms with Crippen molar-refractivity contribution in [3.8, 4) is 0 Å². The van der Waals surface area contributed by atoms with Gasteiger partial charge in [0.1, 0.15) is 0 Å². The van der Waals surface area contributed by atoms with E-state index in [0.717, 1.165) is 22.4 Å². The first-order chi connectivity index (χ1) is 9.72. The van der Waals surface area contributed by atoms with Crippen LogP contribution in [0.3, 0.4) is 0 Å². The van der Waals surface area contributed by atoms with Crippen molar-refractivity contribution in [1.29, 1.82) is 0 Å². The number of hydrogen-bond acceptors (Lipinski definition) is 5. The van der Waals surface area contributed by atoms with Gasteiger partial charge in [-0.05, 0) is 54.0 Å². The third kappa shape index (κ3) is 2.67. The van der Waals surface area contributed by atoms with Crippen LogP contribution in [0.5, 0.6) is 0 Å². The molecule has 0 aliphatic heterocycles. The zero-order valence-corrected chi connectivity index (χ0v) is 12.1. The first-order valence-corrected chi connectivity index (χ1v) is 7.03. The van der Waals surface area contributed by atoms with Crippen LogP contribution in [0.2, 0.25) is 0 Å². The van der Waals surface area contributed by atoms with Gasteiger partial charge in [0.25, 0.3) is 0 Å². The van der Waals surface area contributed by atoms with Gasteiger partial charge in [-0.15, -0.1) is 0 Å². The molecule has 0 spiro atoms. The van der Waals surface area contributed by atoms with Crippen LogP contribution in [0.15, 0.2) is 58.9 Å². The summed E-state index contributed by atoms with van der Waals surface area (Å²) in [7, 11) is 4.03. The maximum atomic E-state index is 4.27. The third-order valence-corrected chi connectivity index (χ3v) is 3.76. The fourth-order valence-corrected chi connectivity index (χ4v) is 2.48. The number of aromatic nitrogens is 1. The number of benzene rings is 2. The SMILES string of the molecule is CN(C)c1ccc(N=Nc2ccc3sncc3c2)cc1. The lowest BCUT2D eigenvalue weighted by molar-refractivity contribution is 1.13. The Hall–Kier alpha value is -2.27. The third-order valence-electron chi connectivity index (χ3n) is 2.98. The van der Waals surface area contributed by atoms with Gasteiger partial charge in [-0.25, -0.2) is 0 Å². The number of anilines is 1. The average molecular weight is 282 g/mol. The van der Waals surface area contributed by atoms with E-state index in [4.69, 9.17) is 0 Å². The first-order valence-electron chi connectivity index (χ1n) is 6.26. The summed E-state index contributed by atoms with van der Waals surface area (Å²) in [5, 5.41) is 9.63. The van der Waals surface area contributed by atoms with Gasteiger partial charge in [0.05, 0.1) is 16.1 Å². The van der Waals surface area contributed by atoms with Gasteiger partial charge in [0.2, 0.25) is 0 Å². The Kier molecular flexibility index (Phi) is 3.43. The van der Waals surface area contributed by atoms with Crippen molar-refractivity contribution in [2.24, 2.45) is 10.2 Å². The molecule has 0 N–H and O–H groups in total. The van der Waals surface area contributed by atoms with E-state index in [-0.39, 0.29) is 0 Å². The molecule has 0 unspecified atom stereocenters. The fraction of sp³-hybridized carbons (Fsp3) is 0.133. The molecular formula is C15H14N4S. The van der Waals surface area contributed by atoms with Gasteiger partial charge in [-0.3, -0.25) is 0 Å². The van der Waals surface area contributed by atoms with E-state index in [0.29, 0.717) is 0 Å². The molecule has 2 aromatic carbocycles. The molecule has 20 heavy (non-hydrogen) atoms. The van der Waals surface area contributed by atoms with E-state index >= 15 is 0 Å². The Bertz CT molecular complexity index is 744. The van der Waals surface area contributed by atoms with Crippen molar-refractivity contribution < 1.29 is 0 Å². The minimum absolute atomic E-state index is 0.842. The van der Waals surface area contributed by atoms with Gasteiger partial charge >= 0.3 is 0 Å². The topological polar surface area (TPSA) is 40.9 Å². The predicted octanol–water partition coefficient (Wildman–Crippen LogP) is 4.78. The van der Waals surface area contributed by atoms with Crippen LogP contribution < -0.4 is 4.90 Å². The van der Waals surface area contributed by atoms with E-state index in [9.17, 15) is 0 Å². The van der Waals surface area contributed by atoms with Crippen molar-refractivity contribution in [2.75, 3.05) is 19.0 Å². The van der Waals surface area contributed by atoms with Crippen molar-refractivity contribution in [3.05, 3.63) is 48.7 Å². The predicted molar refractivity (Wildman–Crippen MR) is 84.6 cm³/mol. The minimum Gasteiger partial charge on any atom is -0.378 e. The molecular weight excluding hydrogens is 268 g/mol. The number of rotatable bonds is 3. The molecule has 4 nitrogen and oxygen atoms in total. The molecule has 0 saturated heterocycles. The first kappa shape index (κ1) is 12.7. The maximum absolute atomic E-state index is 4.27. The van der Waals surface area contributed by atoms with Gasteiger partial charge < -0.3 is 4.90 Å². The lowest BCUT2D eigenvalue weighted by Gasteiger charge is -2.11. The average Bonchev–Trinajstić information content (AvgIpc) is 2.93. The number of azo groups is 1. The van der Waals surface area contributed by atoms with Crippen molar-refractivity contribution in [3.63, 3.8) is 0 Å². The summed E-state index contributed by atoms with van der Waals surface area (Å²) in [6, 6.07) is 14.0. The molecule has 0 aliphatic carbocycles. The second-order valence-corrected chi connectivity index (χ2v) is 5.49. The van der Waals surface area contributed by atoms with Crippen molar-refractivity contribution in [1.82, 2.24) is 4.37 Å². The Morgan fingerprint density at radius 3 is 2.40 bits per heavy atom. The molecule has 3 aromatic rings. The lowest BCUT2D eigenvalue weighted by atomic mass is 10.2. The molecule has 0 aliphatic rings. The van der Waals surface area contributed by atoms with Crippen LogP contribution in [-0.4, -0.2) is 18.5 Å². The van der Waals surface area contributed by atoms with E-state index in [2.05, 4.69) is 19.5 Å². The van der Waals surface area contributed by atoms with Crippen LogP contribution in [0.4, 0.5) is 17.1 Å². The molecule has 0 saturated carbocycles. The Morgan fingerprint density at radius 2 is 1.65 bits per heavy atom. The summed E-state index contributed by atoms with van der Waals surface area (Å²) in [5.41, 5.74) is 2.84. The van der Waals surface area contributed by atoms with E-state index in [1.54, 1.807) is 0 Å². The molecule has 0 radical (unpaired) electrons. The Balaban J connectivity index is 1.82. The highest BCUT2D eigenvalue weighted by atomic mass is 32.1. The molecule has 5 heteroatoms. The zero-order chi connectivity index (χ0) is 13.9. The van der Waals surface area contributed by atoms with E-state index < -0.39 is 0 Å². The summed E-state index contributed by atoms with van der Waals surface area (Å²) in [4.78, 5) is 2.05. The van der Waals surface area contributed by atoms with Crippen LogP contribution in [0.25, 0.3) is 10.1 Å². The minimum atomic E-state index is 0.842. The number of nitrogens with zero attached hydrogens (tertiary/aromatic N) is 4. The molecule has 3 rings (SSSR count). The summed E-state index contributed by atoms with van der Waals surface area (Å²) in [6.07, 6.45) is 1.85. The monoisotopic (exact) mass is 282 g/mol. The second kappa shape index (κ2) is 5.38. The highest BCUT2D eigenvalue weighted by Crippen LogP contribution is 2.25. The van der Waals surface area contributed by atoms with E-state index in [1.165, 1.54) is 16.2 Å². The largest absolute Gasteiger partial charge is 0.378 e. The van der Waals surface area contributed by atoms with Gasteiger partial charge in [-0.1, -0.05) is 0 Å².